The molecule has 1 unspecified atom stereocenters. The molecule has 22 heavy (non-hydrogen) atoms. The molecule has 0 aromatic heterocycles. The van der Waals surface area contributed by atoms with Gasteiger partial charge in [0.25, 0.3) is 0 Å². The summed E-state index contributed by atoms with van der Waals surface area (Å²) in [6.45, 7) is 9.15. The first-order valence-corrected chi connectivity index (χ1v) is 9.76. The van der Waals surface area contributed by atoms with Gasteiger partial charge in [-0.25, -0.2) is 0 Å². The quantitative estimate of drug-likeness (QED) is 0.249. The number of unbranched alkanes of at least 4 members (excludes halogenated alkanes) is 1. The number of guanidine groups is 1. The van der Waals surface area contributed by atoms with Gasteiger partial charge in [0, 0.05) is 26.2 Å². The van der Waals surface area contributed by atoms with Crippen LogP contribution in [-0.2, 0) is 0 Å². The van der Waals surface area contributed by atoms with E-state index in [1.807, 2.05) is 18.8 Å². The predicted octanol–water partition coefficient (Wildman–Crippen LogP) is 3.03. The third kappa shape index (κ3) is 8.82. The minimum Gasteiger partial charge on any atom is -0.356 e. The Bertz CT molecular complexity index is 294. The van der Waals surface area contributed by atoms with Crippen molar-refractivity contribution in [1.29, 1.82) is 0 Å². The van der Waals surface area contributed by atoms with Crippen LogP contribution in [0.1, 0.15) is 39.5 Å². The number of nitrogens with one attached hydrogen (secondary N) is 2. The highest BCUT2D eigenvalue weighted by atomic mass is 127. The Hall–Kier alpha value is 0.310. The fraction of sp³-hybridized carbons (Fsp3) is 0.938. The Labute approximate surface area is 158 Å². The van der Waals surface area contributed by atoms with Crippen molar-refractivity contribution in [3.05, 3.63) is 0 Å². The van der Waals surface area contributed by atoms with Crippen molar-refractivity contribution in [3.63, 3.8) is 0 Å². The van der Waals surface area contributed by atoms with Gasteiger partial charge in [-0.3, -0.25) is 9.89 Å². The number of rotatable bonds is 9. The fourth-order valence-electron chi connectivity index (χ4n) is 2.86. The third-order valence-corrected chi connectivity index (χ3v) is 4.85. The van der Waals surface area contributed by atoms with Crippen LogP contribution < -0.4 is 10.6 Å². The summed E-state index contributed by atoms with van der Waals surface area (Å²) in [6.07, 6.45) is 7.35. The maximum absolute atomic E-state index is 4.33. The lowest BCUT2D eigenvalue weighted by atomic mass is 10.0. The van der Waals surface area contributed by atoms with Gasteiger partial charge in [-0.1, -0.05) is 13.8 Å². The Morgan fingerprint density at radius 3 is 2.41 bits per heavy atom. The molecule has 1 aliphatic rings. The first kappa shape index (κ1) is 22.3. The van der Waals surface area contributed by atoms with Crippen molar-refractivity contribution >= 4 is 41.7 Å². The van der Waals surface area contributed by atoms with Crippen LogP contribution in [0.3, 0.4) is 0 Å². The molecule has 0 saturated carbocycles. The molecule has 1 saturated heterocycles. The molecule has 0 amide bonds. The molecular weight excluding hydrogens is 407 g/mol. The summed E-state index contributed by atoms with van der Waals surface area (Å²) in [4.78, 5) is 6.96. The van der Waals surface area contributed by atoms with Crippen molar-refractivity contribution in [3.8, 4) is 0 Å². The van der Waals surface area contributed by atoms with Gasteiger partial charge in [-0.2, -0.15) is 11.8 Å². The zero-order valence-electron chi connectivity index (χ0n) is 14.7. The van der Waals surface area contributed by atoms with E-state index in [0.29, 0.717) is 12.0 Å². The van der Waals surface area contributed by atoms with Crippen molar-refractivity contribution in [2.45, 2.75) is 45.6 Å². The molecule has 2 N–H and O–H groups in total. The van der Waals surface area contributed by atoms with E-state index >= 15 is 0 Å². The Balaban J connectivity index is 0.00000441. The summed E-state index contributed by atoms with van der Waals surface area (Å²) < 4.78 is 0. The van der Waals surface area contributed by atoms with E-state index < -0.39 is 0 Å². The van der Waals surface area contributed by atoms with Crippen molar-refractivity contribution in [2.75, 3.05) is 45.2 Å². The number of aliphatic imine (C=N–C) groups is 1. The largest absolute Gasteiger partial charge is 0.356 e. The molecular formula is C16H35IN4S. The van der Waals surface area contributed by atoms with E-state index in [2.05, 4.69) is 40.6 Å². The van der Waals surface area contributed by atoms with Gasteiger partial charge in [-0.05, 0) is 56.7 Å². The zero-order chi connectivity index (χ0) is 15.5. The van der Waals surface area contributed by atoms with Gasteiger partial charge >= 0.3 is 0 Å². The van der Waals surface area contributed by atoms with Gasteiger partial charge in [0.05, 0.1) is 0 Å². The normalized spacial score (nSPS) is 17.4. The van der Waals surface area contributed by atoms with E-state index in [1.54, 1.807) is 0 Å². The van der Waals surface area contributed by atoms with Gasteiger partial charge in [-0.15, -0.1) is 24.0 Å². The second kappa shape index (κ2) is 13.7. The molecule has 0 aromatic rings. The van der Waals surface area contributed by atoms with E-state index in [4.69, 9.17) is 0 Å². The summed E-state index contributed by atoms with van der Waals surface area (Å²) in [6, 6.07) is 0.613. The van der Waals surface area contributed by atoms with Crippen molar-refractivity contribution in [2.24, 2.45) is 10.9 Å². The molecule has 0 aromatic carbocycles. The molecule has 1 heterocycles. The average Bonchev–Trinajstić information content (AvgIpc) is 2.98. The maximum atomic E-state index is 4.33. The SMILES string of the molecule is CN=C(NCCCCSC)NCC(C(C)C)N1CCCC1.I. The summed E-state index contributed by atoms with van der Waals surface area (Å²) >= 11 is 1.92. The molecule has 1 atom stereocenters. The standard InChI is InChI=1S/C16H34N4S.HI/c1-14(2)15(20-10-6-7-11-20)13-19-16(17-3)18-9-5-8-12-21-4;/h14-15H,5-13H2,1-4H3,(H2,17,18,19);1H. The number of halogens is 1. The van der Waals surface area contributed by atoms with Crippen LogP contribution in [0.15, 0.2) is 4.99 Å². The Morgan fingerprint density at radius 1 is 1.18 bits per heavy atom. The molecule has 1 fully saturated rings. The number of thioether (sulfide) groups is 1. The van der Waals surface area contributed by atoms with Crippen molar-refractivity contribution < 1.29 is 0 Å². The fourth-order valence-corrected chi connectivity index (χ4v) is 3.35. The summed E-state index contributed by atoms with van der Waals surface area (Å²) in [5, 5.41) is 6.93. The molecule has 6 heteroatoms. The van der Waals surface area contributed by atoms with Crippen LogP contribution >= 0.6 is 35.7 Å². The Kier molecular flexibility index (Phi) is 13.9. The van der Waals surface area contributed by atoms with Crippen LogP contribution in [0.5, 0.6) is 0 Å². The molecule has 0 radical (unpaired) electrons. The lowest BCUT2D eigenvalue weighted by molar-refractivity contribution is 0.192. The summed E-state index contributed by atoms with van der Waals surface area (Å²) in [7, 11) is 1.86. The monoisotopic (exact) mass is 442 g/mol. The number of hydrogen-bond acceptors (Lipinski definition) is 3. The molecule has 1 aliphatic heterocycles. The number of nitrogens with zero attached hydrogens (tertiary/aromatic N) is 2. The molecule has 0 aliphatic carbocycles. The van der Waals surface area contributed by atoms with Gasteiger partial charge in [0.1, 0.15) is 0 Å². The lowest BCUT2D eigenvalue weighted by Crippen LogP contribution is -2.48. The van der Waals surface area contributed by atoms with Crippen LogP contribution in [0.4, 0.5) is 0 Å². The van der Waals surface area contributed by atoms with E-state index in [9.17, 15) is 0 Å². The van der Waals surface area contributed by atoms with E-state index in [0.717, 1.165) is 19.0 Å². The van der Waals surface area contributed by atoms with Gasteiger partial charge < -0.3 is 10.6 Å². The second-order valence-electron chi connectivity index (χ2n) is 6.13. The van der Waals surface area contributed by atoms with Gasteiger partial charge in [0.2, 0.25) is 0 Å². The highest BCUT2D eigenvalue weighted by Crippen LogP contribution is 2.16. The second-order valence-corrected chi connectivity index (χ2v) is 7.12. The minimum atomic E-state index is 0. The minimum absolute atomic E-state index is 0. The zero-order valence-corrected chi connectivity index (χ0v) is 17.9. The molecule has 4 nitrogen and oxygen atoms in total. The molecule has 0 bridgehead atoms. The van der Waals surface area contributed by atoms with Crippen molar-refractivity contribution in [1.82, 2.24) is 15.5 Å². The summed E-state index contributed by atoms with van der Waals surface area (Å²) in [5.41, 5.74) is 0. The first-order chi connectivity index (χ1) is 10.2. The summed E-state index contributed by atoms with van der Waals surface area (Å²) in [5.74, 6) is 2.87. The van der Waals surface area contributed by atoms with Crippen LogP contribution in [0.25, 0.3) is 0 Å². The third-order valence-electron chi connectivity index (χ3n) is 4.15. The highest BCUT2D eigenvalue weighted by molar-refractivity contribution is 14.0. The number of hydrogen-bond donors (Lipinski definition) is 2. The topological polar surface area (TPSA) is 39.7 Å². The predicted molar refractivity (Wildman–Crippen MR) is 112 cm³/mol. The van der Waals surface area contributed by atoms with E-state index in [-0.39, 0.29) is 24.0 Å². The number of likely N-dealkylation sites (tertiary alicyclic amines) is 1. The molecule has 1 rings (SSSR count). The molecule has 132 valence electrons. The van der Waals surface area contributed by atoms with Crippen LogP contribution in [-0.4, -0.2) is 62.1 Å². The average molecular weight is 442 g/mol. The highest BCUT2D eigenvalue weighted by Gasteiger charge is 2.24. The van der Waals surface area contributed by atoms with Crippen LogP contribution in [0.2, 0.25) is 0 Å². The van der Waals surface area contributed by atoms with Gasteiger partial charge in [0.15, 0.2) is 5.96 Å². The van der Waals surface area contributed by atoms with Crippen LogP contribution in [0, 0.1) is 5.92 Å². The smallest absolute Gasteiger partial charge is 0.191 e. The first-order valence-electron chi connectivity index (χ1n) is 8.36. The maximum Gasteiger partial charge on any atom is 0.191 e. The van der Waals surface area contributed by atoms with E-state index in [1.165, 1.54) is 44.5 Å². The Morgan fingerprint density at radius 2 is 1.86 bits per heavy atom. The molecule has 0 spiro atoms. The lowest BCUT2D eigenvalue weighted by Gasteiger charge is -2.31.